The first-order valence-electron chi connectivity index (χ1n) is 9.47. The van der Waals surface area contributed by atoms with E-state index in [2.05, 4.69) is 14.1 Å². The summed E-state index contributed by atoms with van der Waals surface area (Å²) in [5.41, 5.74) is 5.55. The Labute approximate surface area is 157 Å². The van der Waals surface area contributed by atoms with Crippen molar-refractivity contribution in [2.45, 2.75) is 39.0 Å². The van der Waals surface area contributed by atoms with Crippen molar-refractivity contribution >= 4 is 17.8 Å². The summed E-state index contributed by atoms with van der Waals surface area (Å²) in [7, 11) is 7.74. The second-order valence-corrected chi connectivity index (χ2v) is 8.80. The summed E-state index contributed by atoms with van der Waals surface area (Å²) in [6, 6.07) is 0. The molecule has 4 atom stereocenters. The fraction of sp³-hybridized carbons (Fsp3) is 0.842. The zero-order valence-corrected chi connectivity index (χ0v) is 16.9. The maximum absolute atomic E-state index is 11.8. The lowest BCUT2D eigenvalue weighted by atomic mass is 9.82. The molecule has 1 saturated heterocycles. The van der Waals surface area contributed by atoms with Crippen molar-refractivity contribution in [2.24, 2.45) is 29.4 Å². The fourth-order valence-corrected chi connectivity index (χ4v) is 4.16. The van der Waals surface area contributed by atoms with Crippen molar-refractivity contribution < 1.29 is 24.0 Å². The normalized spacial score (nSPS) is 24.0. The highest BCUT2D eigenvalue weighted by Gasteiger charge is 2.41. The van der Waals surface area contributed by atoms with Crippen molar-refractivity contribution in [3.63, 3.8) is 0 Å². The van der Waals surface area contributed by atoms with Gasteiger partial charge in [-0.25, -0.2) is 0 Å². The van der Waals surface area contributed by atoms with Crippen LogP contribution in [0.15, 0.2) is 0 Å². The molecular formula is C19H36N3O4+. The average molecular weight is 371 g/mol. The van der Waals surface area contributed by atoms with E-state index in [1.165, 1.54) is 4.90 Å². The number of aliphatic carboxylic acids is 1. The molecule has 0 spiro atoms. The number of carbonyl (C=O) groups excluding carboxylic acids is 2. The molecule has 0 saturated carbocycles. The van der Waals surface area contributed by atoms with E-state index in [0.29, 0.717) is 37.5 Å². The number of carbonyl (C=O) groups is 3. The van der Waals surface area contributed by atoms with Crippen LogP contribution in [0.2, 0.25) is 0 Å². The molecule has 4 unspecified atom stereocenters. The van der Waals surface area contributed by atoms with Gasteiger partial charge in [0.1, 0.15) is 0 Å². The Kier molecular flexibility index (Phi) is 8.06. The third-order valence-electron chi connectivity index (χ3n) is 5.70. The molecule has 0 aromatic carbocycles. The number of amides is 2. The van der Waals surface area contributed by atoms with Gasteiger partial charge in [-0.15, -0.1) is 0 Å². The van der Waals surface area contributed by atoms with Gasteiger partial charge in [-0.3, -0.25) is 14.4 Å². The van der Waals surface area contributed by atoms with E-state index in [9.17, 15) is 19.5 Å². The van der Waals surface area contributed by atoms with Gasteiger partial charge in [0.25, 0.3) is 0 Å². The van der Waals surface area contributed by atoms with Crippen molar-refractivity contribution in [3.05, 3.63) is 0 Å². The van der Waals surface area contributed by atoms with E-state index in [1.54, 1.807) is 21.0 Å². The molecule has 0 radical (unpaired) electrons. The highest BCUT2D eigenvalue weighted by atomic mass is 16.4. The Hall–Kier alpha value is -1.63. The predicted molar refractivity (Wildman–Crippen MR) is 100 cm³/mol. The van der Waals surface area contributed by atoms with Crippen LogP contribution < -0.4 is 5.73 Å². The van der Waals surface area contributed by atoms with Crippen LogP contribution >= 0.6 is 0 Å². The highest BCUT2D eigenvalue weighted by Crippen LogP contribution is 2.35. The van der Waals surface area contributed by atoms with Crippen molar-refractivity contribution in [1.82, 2.24) is 4.90 Å². The van der Waals surface area contributed by atoms with Crippen LogP contribution in [-0.4, -0.2) is 73.6 Å². The second kappa shape index (κ2) is 9.35. The van der Waals surface area contributed by atoms with Gasteiger partial charge in [0.15, 0.2) is 0 Å². The molecule has 7 heteroatoms. The lowest BCUT2D eigenvalue weighted by Crippen LogP contribution is -2.37. The maximum atomic E-state index is 11.8. The molecule has 0 aliphatic carbocycles. The largest absolute Gasteiger partial charge is 0.481 e. The van der Waals surface area contributed by atoms with Crippen LogP contribution in [0, 0.1) is 23.7 Å². The zero-order valence-electron chi connectivity index (χ0n) is 16.9. The molecule has 1 aliphatic heterocycles. The summed E-state index contributed by atoms with van der Waals surface area (Å²) in [5.74, 6) is -1.02. The average Bonchev–Trinajstić information content (AvgIpc) is 2.80. The predicted octanol–water partition coefficient (Wildman–Crippen LogP) is 1.17. The lowest BCUT2D eigenvalue weighted by Gasteiger charge is -2.23. The molecule has 150 valence electrons. The van der Waals surface area contributed by atoms with Gasteiger partial charge >= 0.3 is 5.97 Å². The number of carboxylic acids is 1. The summed E-state index contributed by atoms with van der Waals surface area (Å²) >= 11 is 0. The lowest BCUT2D eigenvalue weighted by molar-refractivity contribution is -0.880. The molecule has 26 heavy (non-hydrogen) atoms. The van der Waals surface area contributed by atoms with Crippen LogP contribution in [0.3, 0.4) is 0 Å². The summed E-state index contributed by atoms with van der Waals surface area (Å²) in [5, 5.41) is 9.21. The van der Waals surface area contributed by atoms with Gasteiger partial charge in [0.05, 0.1) is 33.1 Å². The van der Waals surface area contributed by atoms with Crippen molar-refractivity contribution in [1.29, 1.82) is 0 Å². The highest BCUT2D eigenvalue weighted by molar-refractivity contribution is 5.79. The van der Waals surface area contributed by atoms with E-state index in [1.807, 2.05) is 0 Å². The molecule has 0 bridgehead atoms. The van der Waals surface area contributed by atoms with Crippen LogP contribution in [0.1, 0.15) is 39.0 Å². The number of carboxylic acid groups (broad SMARTS) is 1. The van der Waals surface area contributed by atoms with E-state index in [0.717, 1.165) is 24.0 Å². The Balaban J connectivity index is 2.65. The standard InChI is InChI=1S/C19H35N3O4/c1-13(19(25)26)10-16-12-22(4,5)11-15(16)7-6-14(18(20)24)8-9-17(23)21(2)3/h13-16H,6-12H2,1-5H3,(H2-,20,24,25,26)/p+1. The molecule has 1 aliphatic rings. The molecule has 1 heterocycles. The van der Waals surface area contributed by atoms with Crippen molar-refractivity contribution in [3.8, 4) is 0 Å². The SMILES string of the molecule is CC(CC1C[N+](C)(C)CC1CCC(CCC(=O)N(C)C)C(N)=O)C(=O)O. The number of quaternary nitrogens is 1. The number of nitrogens with zero attached hydrogens (tertiary/aromatic N) is 2. The Morgan fingerprint density at radius 1 is 1.15 bits per heavy atom. The molecule has 0 aromatic rings. The van der Waals surface area contributed by atoms with E-state index >= 15 is 0 Å². The Morgan fingerprint density at radius 2 is 1.73 bits per heavy atom. The molecule has 1 fully saturated rings. The third-order valence-corrected chi connectivity index (χ3v) is 5.70. The van der Waals surface area contributed by atoms with Crippen LogP contribution in [0.5, 0.6) is 0 Å². The molecule has 1 rings (SSSR count). The van der Waals surface area contributed by atoms with Crippen LogP contribution in [0.4, 0.5) is 0 Å². The molecule has 2 amide bonds. The van der Waals surface area contributed by atoms with Gasteiger partial charge < -0.3 is 20.2 Å². The number of nitrogens with two attached hydrogens (primary N) is 1. The molecule has 0 aromatic heterocycles. The zero-order chi connectivity index (χ0) is 20.1. The van der Waals surface area contributed by atoms with E-state index in [4.69, 9.17) is 5.73 Å². The third kappa shape index (κ3) is 6.94. The van der Waals surface area contributed by atoms with Gasteiger partial charge in [0, 0.05) is 38.3 Å². The Bertz CT molecular complexity index is 519. The fourth-order valence-electron chi connectivity index (χ4n) is 4.16. The topological polar surface area (TPSA) is 101 Å². The summed E-state index contributed by atoms with van der Waals surface area (Å²) in [6.07, 6.45) is 2.99. The molecule has 3 N–H and O–H groups in total. The number of rotatable bonds is 10. The monoisotopic (exact) mass is 370 g/mol. The van der Waals surface area contributed by atoms with E-state index in [-0.39, 0.29) is 23.7 Å². The van der Waals surface area contributed by atoms with Gasteiger partial charge in [-0.1, -0.05) is 6.92 Å². The van der Waals surface area contributed by atoms with Gasteiger partial charge in [0.2, 0.25) is 11.8 Å². The first-order valence-corrected chi connectivity index (χ1v) is 9.47. The summed E-state index contributed by atoms with van der Waals surface area (Å²) in [6.45, 7) is 3.71. The van der Waals surface area contributed by atoms with Gasteiger partial charge in [-0.05, 0) is 25.7 Å². The first-order chi connectivity index (χ1) is 11.9. The number of likely N-dealkylation sites (tertiary alicyclic amines) is 1. The number of primary amides is 1. The maximum Gasteiger partial charge on any atom is 0.306 e. The smallest absolute Gasteiger partial charge is 0.306 e. The van der Waals surface area contributed by atoms with Crippen LogP contribution in [0.25, 0.3) is 0 Å². The quantitative estimate of drug-likeness (QED) is 0.564. The summed E-state index contributed by atoms with van der Waals surface area (Å²) < 4.78 is 0.877. The summed E-state index contributed by atoms with van der Waals surface area (Å²) in [4.78, 5) is 36.3. The second-order valence-electron chi connectivity index (χ2n) is 8.80. The van der Waals surface area contributed by atoms with Crippen LogP contribution in [-0.2, 0) is 14.4 Å². The van der Waals surface area contributed by atoms with E-state index < -0.39 is 5.97 Å². The Morgan fingerprint density at radius 3 is 2.23 bits per heavy atom. The van der Waals surface area contributed by atoms with Crippen molar-refractivity contribution in [2.75, 3.05) is 41.3 Å². The van der Waals surface area contributed by atoms with Gasteiger partial charge in [-0.2, -0.15) is 0 Å². The minimum atomic E-state index is -0.752. The molecule has 7 nitrogen and oxygen atoms in total. The first kappa shape index (κ1) is 22.4. The minimum absolute atomic E-state index is 0.00285. The number of hydrogen-bond acceptors (Lipinski definition) is 3. The number of hydrogen-bond donors (Lipinski definition) is 2. The molecular weight excluding hydrogens is 334 g/mol. The minimum Gasteiger partial charge on any atom is -0.481 e.